The Morgan fingerprint density at radius 1 is 1.27 bits per heavy atom. The third-order valence-electron chi connectivity index (χ3n) is 3.75. The highest BCUT2D eigenvalue weighted by Crippen LogP contribution is 2.20. The molecule has 88 valence electrons. The summed E-state index contributed by atoms with van der Waals surface area (Å²) in [7, 11) is 2.24. The van der Waals surface area contributed by atoms with Gasteiger partial charge in [-0.15, -0.1) is 0 Å². The summed E-state index contributed by atoms with van der Waals surface area (Å²) >= 11 is 2.10. The van der Waals surface area contributed by atoms with Gasteiger partial charge in [-0.05, 0) is 64.0 Å². The van der Waals surface area contributed by atoms with Gasteiger partial charge in [0.2, 0.25) is 0 Å². The van der Waals surface area contributed by atoms with Crippen LogP contribution in [0.4, 0.5) is 0 Å². The third kappa shape index (κ3) is 3.97. The van der Waals surface area contributed by atoms with Crippen LogP contribution in [0.1, 0.15) is 25.7 Å². The minimum absolute atomic E-state index is 0.821. The fraction of sp³-hybridized carbons (Fsp3) is 1.00. The van der Waals surface area contributed by atoms with Gasteiger partial charge in [-0.1, -0.05) is 0 Å². The maximum atomic E-state index is 3.71. The largest absolute Gasteiger partial charge is 0.313 e. The number of likely N-dealkylation sites (tertiary alicyclic amines) is 1. The van der Waals surface area contributed by atoms with Gasteiger partial charge in [-0.2, -0.15) is 11.8 Å². The average molecular weight is 228 g/mol. The van der Waals surface area contributed by atoms with E-state index in [4.69, 9.17) is 0 Å². The van der Waals surface area contributed by atoms with Crippen molar-refractivity contribution in [2.24, 2.45) is 5.92 Å². The van der Waals surface area contributed by atoms with Crippen molar-refractivity contribution in [2.75, 3.05) is 38.2 Å². The van der Waals surface area contributed by atoms with Crippen molar-refractivity contribution < 1.29 is 0 Å². The first kappa shape index (κ1) is 11.7. The van der Waals surface area contributed by atoms with Crippen molar-refractivity contribution in [3.8, 4) is 0 Å². The molecular formula is C12H24N2S. The van der Waals surface area contributed by atoms with E-state index in [9.17, 15) is 0 Å². The Labute approximate surface area is 98.2 Å². The molecule has 3 heteroatoms. The Bertz CT molecular complexity index is 172. The molecule has 0 saturated carbocycles. The van der Waals surface area contributed by atoms with E-state index < -0.39 is 0 Å². The number of thioether (sulfide) groups is 1. The second kappa shape index (κ2) is 6.12. The molecule has 15 heavy (non-hydrogen) atoms. The van der Waals surface area contributed by atoms with E-state index in [1.807, 2.05) is 0 Å². The van der Waals surface area contributed by atoms with Gasteiger partial charge in [0.25, 0.3) is 0 Å². The molecule has 1 unspecified atom stereocenters. The Balaban J connectivity index is 1.53. The topological polar surface area (TPSA) is 15.3 Å². The second-order valence-electron chi connectivity index (χ2n) is 5.05. The van der Waals surface area contributed by atoms with E-state index in [1.165, 1.54) is 56.8 Å². The maximum Gasteiger partial charge on any atom is 0.0166 e. The van der Waals surface area contributed by atoms with Gasteiger partial charge in [-0.25, -0.2) is 0 Å². The predicted octanol–water partition coefficient (Wildman–Crippen LogP) is 1.81. The number of rotatable bonds is 4. The molecule has 1 atom stereocenters. The van der Waals surface area contributed by atoms with Crippen LogP contribution >= 0.6 is 11.8 Å². The Hall–Kier alpha value is 0.270. The van der Waals surface area contributed by atoms with E-state index >= 15 is 0 Å². The molecule has 0 amide bonds. The molecule has 0 spiro atoms. The van der Waals surface area contributed by atoms with Gasteiger partial charge >= 0.3 is 0 Å². The summed E-state index contributed by atoms with van der Waals surface area (Å²) in [5, 5.41) is 3.71. The van der Waals surface area contributed by atoms with Crippen LogP contribution in [-0.4, -0.2) is 49.1 Å². The van der Waals surface area contributed by atoms with Crippen LogP contribution in [0.5, 0.6) is 0 Å². The zero-order valence-electron chi connectivity index (χ0n) is 9.87. The van der Waals surface area contributed by atoms with Gasteiger partial charge in [0.15, 0.2) is 0 Å². The summed E-state index contributed by atoms with van der Waals surface area (Å²) in [4.78, 5) is 2.46. The molecule has 0 aromatic rings. The maximum absolute atomic E-state index is 3.71. The molecule has 0 radical (unpaired) electrons. The highest BCUT2D eigenvalue weighted by atomic mass is 32.2. The van der Waals surface area contributed by atoms with Crippen LogP contribution in [0.2, 0.25) is 0 Å². The number of nitrogens with one attached hydrogen (secondary N) is 1. The normalized spacial score (nSPS) is 29.8. The lowest BCUT2D eigenvalue weighted by Gasteiger charge is -2.29. The van der Waals surface area contributed by atoms with Crippen molar-refractivity contribution in [2.45, 2.75) is 31.7 Å². The predicted molar refractivity (Wildman–Crippen MR) is 68.6 cm³/mol. The van der Waals surface area contributed by atoms with Gasteiger partial charge < -0.3 is 10.2 Å². The molecule has 1 N–H and O–H groups in total. The summed E-state index contributed by atoms with van der Waals surface area (Å²) in [6.45, 7) is 3.87. The average Bonchev–Trinajstić information content (AvgIpc) is 2.74. The first-order valence-electron chi connectivity index (χ1n) is 6.34. The van der Waals surface area contributed by atoms with Crippen LogP contribution in [0, 0.1) is 5.92 Å². The molecule has 2 aliphatic heterocycles. The highest BCUT2D eigenvalue weighted by Gasteiger charge is 2.18. The van der Waals surface area contributed by atoms with Crippen LogP contribution in [0.15, 0.2) is 0 Å². The SMILES string of the molecule is CN1CCC(CCNC2CCSC2)CC1. The Kier molecular flexibility index (Phi) is 4.79. The fourth-order valence-corrected chi connectivity index (χ4v) is 3.72. The van der Waals surface area contributed by atoms with Crippen molar-refractivity contribution in [3.63, 3.8) is 0 Å². The molecule has 2 saturated heterocycles. The number of piperidine rings is 1. The number of hydrogen-bond donors (Lipinski definition) is 1. The molecule has 0 aromatic heterocycles. The van der Waals surface area contributed by atoms with Crippen molar-refractivity contribution in [3.05, 3.63) is 0 Å². The third-order valence-corrected chi connectivity index (χ3v) is 4.92. The number of nitrogens with zero attached hydrogens (tertiary/aromatic N) is 1. The van der Waals surface area contributed by atoms with Crippen LogP contribution in [0.3, 0.4) is 0 Å². The lowest BCUT2D eigenvalue weighted by molar-refractivity contribution is 0.211. The molecule has 2 fully saturated rings. The van der Waals surface area contributed by atoms with E-state index in [0.29, 0.717) is 0 Å². The van der Waals surface area contributed by atoms with E-state index in [-0.39, 0.29) is 0 Å². The second-order valence-corrected chi connectivity index (χ2v) is 6.20. The highest BCUT2D eigenvalue weighted by molar-refractivity contribution is 7.99. The van der Waals surface area contributed by atoms with Crippen molar-refractivity contribution in [1.29, 1.82) is 0 Å². The zero-order valence-corrected chi connectivity index (χ0v) is 10.7. The molecule has 2 nitrogen and oxygen atoms in total. The minimum Gasteiger partial charge on any atom is -0.313 e. The Morgan fingerprint density at radius 2 is 2.07 bits per heavy atom. The number of hydrogen-bond acceptors (Lipinski definition) is 3. The smallest absolute Gasteiger partial charge is 0.0166 e. The van der Waals surface area contributed by atoms with E-state index in [2.05, 4.69) is 29.0 Å². The van der Waals surface area contributed by atoms with Crippen molar-refractivity contribution in [1.82, 2.24) is 10.2 Å². The van der Waals surface area contributed by atoms with Gasteiger partial charge in [0.05, 0.1) is 0 Å². The molecule has 0 aliphatic carbocycles. The standard InChI is InChI=1S/C12H24N2S/c1-14-7-3-11(4-8-14)2-6-13-12-5-9-15-10-12/h11-13H,2-10H2,1H3. The van der Waals surface area contributed by atoms with E-state index in [1.54, 1.807) is 0 Å². The lowest BCUT2D eigenvalue weighted by atomic mass is 9.94. The fourth-order valence-electron chi connectivity index (χ4n) is 2.54. The molecule has 0 aromatic carbocycles. The van der Waals surface area contributed by atoms with Crippen molar-refractivity contribution >= 4 is 11.8 Å². The zero-order chi connectivity index (χ0) is 10.5. The molecule has 2 aliphatic rings. The van der Waals surface area contributed by atoms with Crippen LogP contribution in [0.25, 0.3) is 0 Å². The molecule has 2 rings (SSSR count). The van der Waals surface area contributed by atoms with Crippen LogP contribution in [-0.2, 0) is 0 Å². The quantitative estimate of drug-likeness (QED) is 0.790. The summed E-state index contributed by atoms with van der Waals surface area (Å²) < 4.78 is 0. The molecule has 0 bridgehead atoms. The van der Waals surface area contributed by atoms with Crippen LogP contribution < -0.4 is 5.32 Å². The first-order chi connectivity index (χ1) is 7.34. The first-order valence-corrected chi connectivity index (χ1v) is 7.50. The van der Waals surface area contributed by atoms with Gasteiger partial charge in [0.1, 0.15) is 0 Å². The Morgan fingerprint density at radius 3 is 2.73 bits per heavy atom. The summed E-state index contributed by atoms with van der Waals surface area (Å²) in [5.41, 5.74) is 0. The monoisotopic (exact) mass is 228 g/mol. The van der Waals surface area contributed by atoms with Gasteiger partial charge in [-0.3, -0.25) is 0 Å². The molecular weight excluding hydrogens is 204 g/mol. The minimum atomic E-state index is 0.821. The van der Waals surface area contributed by atoms with Gasteiger partial charge in [0, 0.05) is 11.8 Å². The summed E-state index contributed by atoms with van der Waals surface area (Å²) in [6, 6.07) is 0.821. The summed E-state index contributed by atoms with van der Waals surface area (Å²) in [5.74, 6) is 3.70. The lowest BCUT2D eigenvalue weighted by Crippen LogP contribution is -2.34. The molecule has 2 heterocycles. The van der Waals surface area contributed by atoms with E-state index in [0.717, 1.165) is 12.0 Å². The summed E-state index contributed by atoms with van der Waals surface area (Å²) in [6.07, 6.45) is 5.61.